The molecule has 0 amide bonds. The molecule has 0 aromatic heterocycles. The Hall–Kier alpha value is -8.86. The van der Waals surface area contributed by atoms with Crippen molar-refractivity contribution in [2.45, 2.75) is 19.4 Å². The number of hydrogen-bond acceptors (Lipinski definition) is 4. The molecule has 12 rings (SSSR count). The number of benzene rings is 9. The first-order valence-electron chi connectivity index (χ1n) is 24.8. The molecule has 0 radical (unpaired) electrons. The van der Waals surface area contributed by atoms with Crippen LogP contribution in [0.5, 0.6) is 0 Å². The van der Waals surface area contributed by atoms with Crippen molar-refractivity contribution in [3.05, 3.63) is 289 Å². The molecule has 0 saturated heterocycles. The summed E-state index contributed by atoms with van der Waals surface area (Å²) in [4.78, 5) is 9.60. The van der Waals surface area contributed by atoms with Crippen LogP contribution in [0.15, 0.2) is 278 Å². The van der Waals surface area contributed by atoms with Gasteiger partial charge >= 0.3 is 0 Å². The number of para-hydroxylation sites is 3. The van der Waals surface area contributed by atoms with Crippen LogP contribution in [0.2, 0.25) is 0 Å². The molecule has 0 heterocycles. The van der Waals surface area contributed by atoms with E-state index in [1.165, 1.54) is 32.5 Å². The van der Waals surface area contributed by atoms with Crippen molar-refractivity contribution in [1.29, 1.82) is 0 Å². The molecule has 0 spiro atoms. The van der Waals surface area contributed by atoms with Gasteiger partial charge < -0.3 is 19.6 Å². The van der Waals surface area contributed by atoms with Crippen molar-refractivity contribution in [1.82, 2.24) is 0 Å². The third-order valence-electron chi connectivity index (χ3n) is 14.1. The van der Waals surface area contributed by atoms with Gasteiger partial charge in [-0.05, 0) is 167 Å². The maximum absolute atomic E-state index is 2.49. The monoisotopic (exact) mass is 914 g/mol. The Balaban J connectivity index is 0.951. The molecular weight excluding hydrogens is 861 g/mol. The van der Waals surface area contributed by atoms with E-state index in [1.54, 1.807) is 0 Å². The Bertz CT molecular complexity index is 3580. The van der Waals surface area contributed by atoms with Crippen LogP contribution in [0.4, 0.5) is 56.9 Å². The third kappa shape index (κ3) is 8.77. The Morgan fingerprint density at radius 3 is 1.42 bits per heavy atom. The maximum atomic E-state index is 2.49. The summed E-state index contributed by atoms with van der Waals surface area (Å²) in [6.07, 6.45) is 19.4. The first kappa shape index (κ1) is 43.4. The molecule has 0 N–H and O–H groups in total. The predicted molar refractivity (Wildman–Crippen MR) is 301 cm³/mol. The number of hydrogen-bond donors (Lipinski definition) is 0. The van der Waals surface area contributed by atoms with Crippen LogP contribution in [0, 0.1) is 11.8 Å². The van der Waals surface area contributed by atoms with E-state index < -0.39 is 0 Å². The minimum Gasteiger partial charge on any atom is -0.334 e. The van der Waals surface area contributed by atoms with Gasteiger partial charge in [-0.25, -0.2) is 0 Å². The summed E-state index contributed by atoms with van der Waals surface area (Å²) in [5.74, 6) is 0.707. The fourth-order valence-electron chi connectivity index (χ4n) is 10.6. The van der Waals surface area contributed by atoms with E-state index in [0.717, 1.165) is 63.3 Å². The average Bonchev–Trinajstić information content (AvgIpc) is 3.43. The molecule has 0 fully saturated rings. The largest absolute Gasteiger partial charge is 0.334 e. The van der Waals surface area contributed by atoms with Crippen LogP contribution in [-0.4, -0.2) is 6.04 Å². The van der Waals surface area contributed by atoms with Crippen LogP contribution in [0.25, 0.3) is 22.9 Å². The summed E-state index contributed by atoms with van der Waals surface area (Å²) in [7, 11) is 0. The normalized spacial score (nSPS) is 16.6. The molecule has 9 aromatic carbocycles. The molecule has 3 atom stereocenters. The molecule has 4 heteroatoms. The van der Waals surface area contributed by atoms with Crippen molar-refractivity contribution >= 4 is 79.8 Å². The lowest BCUT2D eigenvalue weighted by atomic mass is 9.87. The Labute approximate surface area is 417 Å². The summed E-state index contributed by atoms with van der Waals surface area (Å²) >= 11 is 0. The first-order valence-corrected chi connectivity index (χ1v) is 24.8. The fraction of sp³-hybridized carbons (Fsp3) is 0.0746. The van der Waals surface area contributed by atoms with Crippen molar-refractivity contribution in [3.63, 3.8) is 0 Å². The van der Waals surface area contributed by atoms with Gasteiger partial charge in [0.1, 0.15) is 0 Å². The second-order valence-electron chi connectivity index (χ2n) is 18.6. The molecule has 4 nitrogen and oxygen atoms in total. The average molecular weight is 915 g/mol. The lowest BCUT2D eigenvalue weighted by Crippen LogP contribution is -2.42. The second kappa shape index (κ2) is 19.3. The number of allylic oxidation sites excluding steroid dienone is 7. The first-order chi connectivity index (χ1) is 35.1. The van der Waals surface area contributed by atoms with E-state index in [2.05, 4.69) is 306 Å². The minimum atomic E-state index is 0.128. The Morgan fingerprint density at radius 1 is 0.380 bits per heavy atom. The van der Waals surface area contributed by atoms with Crippen LogP contribution in [0.3, 0.4) is 0 Å². The highest BCUT2D eigenvalue weighted by molar-refractivity contribution is 5.90. The maximum Gasteiger partial charge on any atom is 0.0591 e. The number of anilines is 10. The molecule has 3 unspecified atom stereocenters. The van der Waals surface area contributed by atoms with E-state index in [-0.39, 0.29) is 12.0 Å². The molecule has 9 aromatic rings. The van der Waals surface area contributed by atoms with Crippen LogP contribution >= 0.6 is 0 Å². The number of rotatable bonds is 12. The van der Waals surface area contributed by atoms with Crippen molar-refractivity contribution in [3.8, 4) is 0 Å². The molecule has 342 valence electrons. The second-order valence-corrected chi connectivity index (χ2v) is 18.6. The lowest BCUT2D eigenvalue weighted by molar-refractivity contribution is 0.661. The van der Waals surface area contributed by atoms with Gasteiger partial charge in [-0.2, -0.15) is 0 Å². The summed E-state index contributed by atoms with van der Waals surface area (Å²) < 4.78 is 0. The van der Waals surface area contributed by atoms with Gasteiger partial charge in [-0.1, -0.05) is 159 Å². The van der Waals surface area contributed by atoms with E-state index in [9.17, 15) is 0 Å². The SMILES string of the molecule is CC1C=c2ccccc2=CC1N(c1ccccc1)c1ccc(N(c2ccc(N(C3=CCC4C=CC=CC4=C3)c3ccccc3)cc2)c2ccc(N(c3ccccc3)c3ccc4ccccc4c3)cc2)cc1. The summed E-state index contributed by atoms with van der Waals surface area (Å²) in [5, 5.41) is 5.00. The van der Waals surface area contributed by atoms with Crippen molar-refractivity contribution < 1.29 is 0 Å². The third-order valence-corrected chi connectivity index (χ3v) is 14.1. The minimum absolute atomic E-state index is 0.128. The highest BCUT2D eigenvalue weighted by atomic mass is 15.2. The van der Waals surface area contributed by atoms with E-state index in [1.807, 2.05) is 0 Å². The zero-order valence-electron chi connectivity index (χ0n) is 39.8. The Morgan fingerprint density at radius 2 is 0.817 bits per heavy atom. The van der Waals surface area contributed by atoms with E-state index in [4.69, 9.17) is 0 Å². The fourth-order valence-corrected chi connectivity index (χ4v) is 10.6. The standard InChI is InChI=1S/C67H54N4/c1-49-45-52-19-15-16-22-55(52)48-67(49)71(58-27-9-4-10-28-58)64-43-41-61(42-44-64)68(59-33-37-62(38-34-59)69(56-23-5-2-6-24-56)65-31-29-50-17-11-13-20-53(50)46-65)60-35-39-63(40-36-60)70(57-25-7-3-8-26-57)66-32-30-51-18-12-14-21-54(51)47-66/h2-29,31-49,51,67H,30H2,1H3. The molecule has 0 aliphatic heterocycles. The van der Waals surface area contributed by atoms with Gasteiger partial charge in [-0.3, -0.25) is 0 Å². The number of nitrogens with zero attached hydrogens (tertiary/aromatic N) is 4. The quantitative estimate of drug-likeness (QED) is 0.121. The van der Waals surface area contributed by atoms with Gasteiger partial charge in [0.05, 0.1) is 6.04 Å². The van der Waals surface area contributed by atoms with Gasteiger partial charge in [0, 0.05) is 68.5 Å². The molecule has 0 bridgehead atoms. The zero-order valence-corrected chi connectivity index (χ0v) is 39.8. The van der Waals surface area contributed by atoms with Crippen LogP contribution < -0.4 is 30.0 Å². The van der Waals surface area contributed by atoms with Crippen molar-refractivity contribution in [2.75, 3.05) is 19.6 Å². The molecule has 3 aliphatic rings. The summed E-state index contributed by atoms with van der Waals surface area (Å²) in [6.45, 7) is 2.33. The van der Waals surface area contributed by atoms with Crippen molar-refractivity contribution in [2.24, 2.45) is 11.8 Å². The highest BCUT2D eigenvalue weighted by Gasteiger charge is 2.27. The van der Waals surface area contributed by atoms with Gasteiger partial charge in [0.15, 0.2) is 0 Å². The molecule has 0 saturated carbocycles. The number of fused-ring (bicyclic) bond motifs is 3. The molecular formula is C67H54N4. The van der Waals surface area contributed by atoms with Gasteiger partial charge in [0.2, 0.25) is 0 Å². The lowest BCUT2D eigenvalue weighted by Gasteiger charge is -2.36. The predicted octanol–water partition coefficient (Wildman–Crippen LogP) is 16.3. The summed E-state index contributed by atoms with van der Waals surface area (Å²) in [5.41, 5.74) is 13.5. The van der Waals surface area contributed by atoms with Gasteiger partial charge in [-0.15, -0.1) is 0 Å². The van der Waals surface area contributed by atoms with Gasteiger partial charge in [0.25, 0.3) is 0 Å². The van der Waals surface area contributed by atoms with Crippen LogP contribution in [0.1, 0.15) is 13.3 Å². The van der Waals surface area contributed by atoms with E-state index in [0.29, 0.717) is 5.92 Å². The molecule has 71 heavy (non-hydrogen) atoms. The van der Waals surface area contributed by atoms with Crippen LogP contribution in [-0.2, 0) is 0 Å². The summed E-state index contributed by atoms with van der Waals surface area (Å²) in [6, 6.07) is 83.6. The van der Waals surface area contributed by atoms with E-state index >= 15 is 0 Å². The zero-order chi connectivity index (χ0) is 47.5. The Kier molecular flexibility index (Phi) is 11.8. The highest BCUT2D eigenvalue weighted by Crippen LogP contribution is 2.43. The topological polar surface area (TPSA) is 13.0 Å². The smallest absolute Gasteiger partial charge is 0.0591 e. The molecule has 3 aliphatic carbocycles.